The molecule has 2 N–H and O–H groups in total. The van der Waals surface area contributed by atoms with Gasteiger partial charge >= 0.3 is 12.0 Å². The minimum Gasteiger partial charge on any atom is -0.478 e. The minimum atomic E-state index is -1.21. The second-order valence-corrected chi connectivity index (χ2v) is 7.78. The Morgan fingerprint density at radius 3 is 2.66 bits per heavy atom. The molecule has 3 rings (SSSR count). The number of amides is 3. The average Bonchev–Trinajstić information content (AvgIpc) is 3.26. The molecule has 1 aromatic rings. The molecule has 156 valence electrons. The number of nitrogens with zero attached hydrogens (tertiary/aromatic N) is 4. The van der Waals surface area contributed by atoms with Crippen LogP contribution in [-0.2, 0) is 9.53 Å². The van der Waals surface area contributed by atoms with Crippen LogP contribution in [0.1, 0.15) is 48.6 Å². The van der Waals surface area contributed by atoms with Crippen LogP contribution in [0.3, 0.4) is 0 Å². The summed E-state index contributed by atoms with van der Waals surface area (Å²) in [6, 6.07) is 1.17. The van der Waals surface area contributed by atoms with Gasteiger partial charge in [0.15, 0.2) is 12.1 Å². The van der Waals surface area contributed by atoms with Gasteiger partial charge in [0.25, 0.3) is 5.91 Å². The largest absolute Gasteiger partial charge is 0.478 e. The molecule has 3 heterocycles. The van der Waals surface area contributed by atoms with Gasteiger partial charge in [0.1, 0.15) is 11.2 Å². The molecular formula is C19H25N5O5. The number of aromatic carboxylic acids is 1. The summed E-state index contributed by atoms with van der Waals surface area (Å²) in [5.41, 5.74) is -0.602. The SMILES string of the molecule is CC(C)C1(C)N=C(c2ncc(C3OCCN3C(=O)N(C)C)cc2C(=O)O)NC1=O. The molecule has 1 saturated heterocycles. The molecule has 2 unspecified atom stereocenters. The van der Waals surface area contributed by atoms with Crippen molar-refractivity contribution in [3.8, 4) is 0 Å². The number of ether oxygens (including phenoxy) is 1. The summed E-state index contributed by atoms with van der Waals surface area (Å²) in [6.07, 6.45) is 0.721. The van der Waals surface area contributed by atoms with E-state index in [1.807, 2.05) is 13.8 Å². The lowest BCUT2D eigenvalue weighted by Gasteiger charge is -2.26. The van der Waals surface area contributed by atoms with E-state index in [1.54, 1.807) is 21.0 Å². The zero-order valence-corrected chi connectivity index (χ0v) is 17.1. The smallest absolute Gasteiger partial charge is 0.338 e. The van der Waals surface area contributed by atoms with Crippen molar-refractivity contribution >= 4 is 23.7 Å². The molecule has 3 amide bonds. The van der Waals surface area contributed by atoms with Crippen molar-refractivity contribution in [2.45, 2.75) is 32.5 Å². The number of nitrogens with one attached hydrogen (secondary N) is 1. The van der Waals surface area contributed by atoms with E-state index in [4.69, 9.17) is 4.74 Å². The summed E-state index contributed by atoms with van der Waals surface area (Å²) in [7, 11) is 3.27. The molecule has 10 nitrogen and oxygen atoms in total. The Morgan fingerprint density at radius 2 is 2.10 bits per heavy atom. The molecule has 2 aliphatic heterocycles. The summed E-state index contributed by atoms with van der Waals surface area (Å²) >= 11 is 0. The van der Waals surface area contributed by atoms with Crippen LogP contribution in [0, 0.1) is 5.92 Å². The number of carbonyl (C=O) groups excluding carboxylic acids is 2. The highest BCUT2D eigenvalue weighted by molar-refractivity contribution is 6.17. The molecule has 0 aliphatic carbocycles. The van der Waals surface area contributed by atoms with Crippen LogP contribution >= 0.6 is 0 Å². The van der Waals surface area contributed by atoms with E-state index in [0.29, 0.717) is 18.7 Å². The van der Waals surface area contributed by atoms with Gasteiger partial charge in [0.2, 0.25) is 0 Å². The van der Waals surface area contributed by atoms with Crippen molar-refractivity contribution in [1.29, 1.82) is 0 Å². The van der Waals surface area contributed by atoms with Crippen LogP contribution in [0.25, 0.3) is 0 Å². The quantitative estimate of drug-likeness (QED) is 0.775. The second-order valence-electron chi connectivity index (χ2n) is 7.78. The standard InChI is InChI=1S/C19H25N5O5/c1-10(2)19(3)17(27)21-14(22-19)13-12(16(25)26)8-11(9-20-13)15-24(6-7-29-15)18(28)23(4)5/h8-10,15H,6-7H2,1-5H3,(H,25,26)(H,21,22,27). The molecule has 0 bridgehead atoms. The Morgan fingerprint density at radius 1 is 1.41 bits per heavy atom. The van der Waals surface area contributed by atoms with E-state index in [-0.39, 0.29) is 34.9 Å². The summed E-state index contributed by atoms with van der Waals surface area (Å²) in [6.45, 7) is 6.17. The fourth-order valence-electron chi connectivity index (χ4n) is 3.22. The molecular weight excluding hydrogens is 378 g/mol. The number of pyridine rings is 1. The molecule has 0 radical (unpaired) electrons. The molecule has 1 fully saturated rings. The molecule has 0 aromatic carbocycles. The summed E-state index contributed by atoms with van der Waals surface area (Å²) in [5, 5.41) is 12.4. The number of carboxylic acid groups (broad SMARTS) is 1. The number of amidine groups is 1. The highest BCUT2D eigenvalue weighted by Crippen LogP contribution is 2.30. The lowest BCUT2D eigenvalue weighted by atomic mass is 9.89. The normalized spacial score (nSPS) is 23.9. The third kappa shape index (κ3) is 3.55. The Bertz CT molecular complexity index is 897. The van der Waals surface area contributed by atoms with E-state index in [9.17, 15) is 19.5 Å². The Hall–Kier alpha value is -3.01. The van der Waals surface area contributed by atoms with Gasteiger partial charge in [-0.05, 0) is 18.9 Å². The van der Waals surface area contributed by atoms with Gasteiger partial charge in [-0.2, -0.15) is 0 Å². The summed E-state index contributed by atoms with van der Waals surface area (Å²) < 4.78 is 5.65. The second kappa shape index (κ2) is 7.43. The topological polar surface area (TPSA) is 124 Å². The number of rotatable bonds is 4. The van der Waals surface area contributed by atoms with Crippen LogP contribution in [0.5, 0.6) is 0 Å². The van der Waals surface area contributed by atoms with Crippen molar-refractivity contribution in [3.05, 3.63) is 29.1 Å². The predicted octanol–water partition coefficient (Wildman–Crippen LogP) is 1.08. The monoisotopic (exact) mass is 403 g/mol. The van der Waals surface area contributed by atoms with Crippen molar-refractivity contribution < 1.29 is 24.2 Å². The Kier molecular flexibility index (Phi) is 5.31. The van der Waals surface area contributed by atoms with Crippen LogP contribution in [0.4, 0.5) is 4.79 Å². The highest BCUT2D eigenvalue weighted by Gasteiger charge is 2.43. The first-order valence-corrected chi connectivity index (χ1v) is 9.30. The first kappa shape index (κ1) is 20.7. The van der Waals surface area contributed by atoms with E-state index in [0.717, 1.165) is 0 Å². The molecule has 0 spiro atoms. The Labute approximate surface area is 168 Å². The fraction of sp³-hybridized carbons (Fsp3) is 0.526. The Balaban J connectivity index is 2.00. The van der Waals surface area contributed by atoms with Gasteiger partial charge in [0.05, 0.1) is 12.2 Å². The van der Waals surface area contributed by atoms with Crippen LogP contribution in [0.2, 0.25) is 0 Å². The number of urea groups is 1. The molecule has 2 aliphatic rings. The van der Waals surface area contributed by atoms with Gasteiger partial charge in [-0.3, -0.25) is 14.7 Å². The lowest BCUT2D eigenvalue weighted by molar-refractivity contribution is -0.124. The van der Waals surface area contributed by atoms with Gasteiger partial charge in [-0.15, -0.1) is 0 Å². The molecule has 2 atom stereocenters. The molecule has 29 heavy (non-hydrogen) atoms. The van der Waals surface area contributed by atoms with Crippen LogP contribution in [0.15, 0.2) is 17.3 Å². The maximum atomic E-state index is 12.4. The molecule has 0 saturated carbocycles. The van der Waals surface area contributed by atoms with Gasteiger partial charge in [-0.25, -0.2) is 14.6 Å². The van der Waals surface area contributed by atoms with Crippen molar-refractivity contribution in [2.24, 2.45) is 10.9 Å². The zero-order valence-electron chi connectivity index (χ0n) is 17.1. The lowest BCUT2D eigenvalue weighted by Crippen LogP contribution is -2.41. The average molecular weight is 403 g/mol. The number of aromatic nitrogens is 1. The van der Waals surface area contributed by atoms with Crippen LogP contribution in [-0.4, -0.2) is 76.4 Å². The maximum absolute atomic E-state index is 12.4. The minimum absolute atomic E-state index is 0.0717. The van der Waals surface area contributed by atoms with E-state index >= 15 is 0 Å². The zero-order chi connectivity index (χ0) is 21.5. The highest BCUT2D eigenvalue weighted by atomic mass is 16.5. The van der Waals surface area contributed by atoms with Crippen molar-refractivity contribution in [2.75, 3.05) is 27.2 Å². The predicted molar refractivity (Wildman–Crippen MR) is 104 cm³/mol. The molecule has 1 aromatic heterocycles. The summed E-state index contributed by atoms with van der Waals surface area (Å²) in [5.74, 6) is -1.46. The van der Waals surface area contributed by atoms with E-state index in [2.05, 4.69) is 15.3 Å². The van der Waals surface area contributed by atoms with Gasteiger partial charge in [-0.1, -0.05) is 13.8 Å². The van der Waals surface area contributed by atoms with Gasteiger partial charge in [0, 0.05) is 32.4 Å². The van der Waals surface area contributed by atoms with E-state index in [1.165, 1.54) is 22.1 Å². The number of hydrogen-bond acceptors (Lipinski definition) is 6. The van der Waals surface area contributed by atoms with Gasteiger partial charge < -0.3 is 20.1 Å². The summed E-state index contributed by atoms with van der Waals surface area (Å²) in [4.78, 5) is 48.3. The first-order valence-electron chi connectivity index (χ1n) is 9.30. The maximum Gasteiger partial charge on any atom is 0.338 e. The van der Waals surface area contributed by atoms with Crippen molar-refractivity contribution in [1.82, 2.24) is 20.1 Å². The number of carboxylic acids is 1. The third-order valence-corrected chi connectivity index (χ3v) is 5.33. The molecule has 10 heteroatoms. The van der Waals surface area contributed by atoms with E-state index < -0.39 is 17.7 Å². The number of hydrogen-bond donors (Lipinski definition) is 2. The third-order valence-electron chi connectivity index (χ3n) is 5.33. The number of carbonyl (C=O) groups is 3. The number of aliphatic imine (C=N–C) groups is 1. The van der Waals surface area contributed by atoms with Crippen LogP contribution < -0.4 is 5.32 Å². The first-order chi connectivity index (χ1) is 13.6. The fourth-order valence-corrected chi connectivity index (χ4v) is 3.22. The van der Waals surface area contributed by atoms with Crippen molar-refractivity contribution in [3.63, 3.8) is 0 Å².